The maximum atomic E-state index is 12.6. The highest BCUT2D eigenvalue weighted by atomic mass is 16.2. The van der Waals surface area contributed by atoms with Crippen LogP contribution in [0.25, 0.3) is 0 Å². The first-order valence-electron chi connectivity index (χ1n) is 9.90. The molecule has 0 bridgehead atoms. The first-order chi connectivity index (χ1) is 14.3. The Balaban J connectivity index is 1.89. The SMILES string of the molecule is C=CC(=O)Nc1cccc(CNC(=O)[C@@H]2CCCN2C(=O)CNC(=O)[C@H](C)NC)c1. The Labute approximate surface area is 176 Å². The zero-order valence-corrected chi connectivity index (χ0v) is 17.4. The molecule has 30 heavy (non-hydrogen) atoms. The molecule has 4 amide bonds. The minimum atomic E-state index is -0.556. The van der Waals surface area contributed by atoms with Crippen LogP contribution in [0.2, 0.25) is 0 Å². The number of anilines is 1. The summed E-state index contributed by atoms with van der Waals surface area (Å²) in [7, 11) is 1.66. The lowest BCUT2D eigenvalue weighted by molar-refractivity contribution is -0.138. The van der Waals surface area contributed by atoms with Crippen molar-refractivity contribution in [1.29, 1.82) is 0 Å². The number of hydrogen-bond acceptors (Lipinski definition) is 5. The molecule has 0 aromatic heterocycles. The van der Waals surface area contributed by atoms with Gasteiger partial charge in [0.2, 0.25) is 23.6 Å². The van der Waals surface area contributed by atoms with Crippen molar-refractivity contribution in [2.75, 3.05) is 25.5 Å². The van der Waals surface area contributed by atoms with Crippen LogP contribution in [0.5, 0.6) is 0 Å². The molecule has 0 aliphatic carbocycles. The fourth-order valence-corrected chi connectivity index (χ4v) is 3.15. The zero-order valence-electron chi connectivity index (χ0n) is 17.4. The Morgan fingerprint density at radius 2 is 2.03 bits per heavy atom. The van der Waals surface area contributed by atoms with Gasteiger partial charge in [-0.15, -0.1) is 0 Å². The molecule has 0 radical (unpaired) electrons. The Hall–Kier alpha value is -3.20. The van der Waals surface area contributed by atoms with Crippen LogP contribution in [0.3, 0.4) is 0 Å². The monoisotopic (exact) mass is 415 g/mol. The van der Waals surface area contributed by atoms with Gasteiger partial charge in [-0.3, -0.25) is 19.2 Å². The van der Waals surface area contributed by atoms with Gasteiger partial charge in [0.1, 0.15) is 6.04 Å². The van der Waals surface area contributed by atoms with E-state index in [4.69, 9.17) is 0 Å². The number of rotatable bonds is 9. The van der Waals surface area contributed by atoms with Crippen LogP contribution in [0.1, 0.15) is 25.3 Å². The van der Waals surface area contributed by atoms with E-state index in [2.05, 4.69) is 27.8 Å². The molecule has 1 heterocycles. The normalized spacial score (nSPS) is 16.5. The summed E-state index contributed by atoms with van der Waals surface area (Å²) in [4.78, 5) is 49.9. The lowest BCUT2D eigenvalue weighted by Crippen LogP contribution is -2.50. The highest BCUT2D eigenvalue weighted by Gasteiger charge is 2.33. The van der Waals surface area contributed by atoms with Gasteiger partial charge in [-0.1, -0.05) is 18.7 Å². The van der Waals surface area contributed by atoms with Crippen molar-refractivity contribution < 1.29 is 19.2 Å². The number of nitrogens with one attached hydrogen (secondary N) is 4. The van der Waals surface area contributed by atoms with Gasteiger partial charge >= 0.3 is 0 Å². The van der Waals surface area contributed by atoms with E-state index in [1.165, 1.54) is 11.0 Å². The number of benzene rings is 1. The summed E-state index contributed by atoms with van der Waals surface area (Å²) in [5, 5.41) is 10.9. The summed E-state index contributed by atoms with van der Waals surface area (Å²) in [6.07, 6.45) is 2.49. The van der Waals surface area contributed by atoms with E-state index in [0.29, 0.717) is 18.7 Å². The number of likely N-dealkylation sites (N-methyl/N-ethyl adjacent to an activating group) is 1. The average Bonchev–Trinajstić information content (AvgIpc) is 3.25. The number of carbonyl (C=O) groups excluding carboxylic acids is 4. The fourth-order valence-electron chi connectivity index (χ4n) is 3.15. The van der Waals surface area contributed by atoms with Gasteiger partial charge in [-0.05, 0) is 50.6 Å². The van der Waals surface area contributed by atoms with E-state index in [9.17, 15) is 19.2 Å². The fraction of sp³-hybridized carbons (Fsp3) is 0.429. The summed E-state index contributed by atoms with van der Waals surface area (Å²) >= 11 is 0. The maximum absolute atomic E-state index is 12.6. The summed E-state index contributed by atoms with van der Waals surface area (Å²) in [6.45, 7) is 5.72. The summed E-state index contributed by atoms with van der Waals surface area (Å²) in [6, 6.07) is 6.16. The molecular formula is C21H29N5O4. The Kier molecular flexibility index (Phi) is 8.54. The van der Waals surface area contributed by atoms with Crippen molar-refractivity contribution in [3.63, 3.8) is 0 Å². The molecule has 0 saturated carbocycles. The molecule has 9 nitrogen and oxygen atoms in total. The van der Waals surface area contributed by atoms with Gasteiger partial charge in [0, 0.05) is 18.8 Å². The van der Waals surface area contributed by atoms with E-state index >= 15 is 0 Å². The van der Waals surface area contributed by atoms with Crippen LogP contribution in [0.15, 0.2) is 36.9 Å². The van der Waals surface area contributed by atoms with Crippen molar-refractivity contribution >= 4 is 29.3 Å². The van der Waals surface area contributed by atoms with Gasteiger partial charge in [0.05, 0.1) is 12.6 Å². The van der Waals surface area contributed by atoms with Crippen LogP contribution in [0.4, 0.5) is 5.69 Å². The summed E-state index contributed by atoms with van der Waals surface area (Å²) in [5.74, 6) is -1.10. The molecule has 0 spiro atoms. The molecule has 1 aromatic rings. The highest BCUT2D eigenvalue weighted by molar-refractivity contribution is 5.98. The highest BCUT2D eigenvalue weighted by Crippen LogP contribution is 2.18. The topological polar surface area (TPSA) is 120 Å². The molecule has 1 saturated heterocycles. The molecule has 2 atom stereocenters. The molecule has 1 aliphatic heterocycles. The van der Waals surface area contributed by atoms with Crippen molar-refractivity contribution in [3.8, 4) is 0 Å². The molecule has 9 heteroatoms. The smallest absolute Gasteiger partial charge is 0.247 e. The average molecular weight is 415 g/mol. The van der Waals surface area contributed by atoms with E-state index in [0.717, 1.165) is 12.0 Å². The van der Waals surface area contributed by atoms with Crippen molar-refractivity contribution in [2.24, 2.45) is 0 Å². The Morgan fingerprint density at radius 1 is 1.27 bits per heavy atom. The standard InChI is InChI=1S/C21H29N5O4/c1-4-18(27)25-16-8-5-7-15(11-16)12-23-21(30)17-9-6-10-26(17)19(28)13-24-20(29)14(2)22-3/h4-5,7-8,11,14,17,22H,1,6,9-10,12-13H2,2-3H3,(H,23,30)(H,24,29)(H,25,27)/t14-,17-/m0/s1. The van der Waals surface area contributed by atoms with Gasteiger partial charge < -0.3 is 26.2 Å². The lowest BCUT2D eigenvalue weighted by Gasteiger charge is -2.24. The van der Waals surface area contributed by atoms with Crippen LogP contribution in [-0.2, 0) is 25.7 Å². The number of carbonyl (C=O) groups is 4. The van der Waals surface area contributed by atoms with Crippen LogP contribution in [-0.4, -0.2) is 60.7 Å². The van der Waals surface area contributed by atoms with Crippen LogP contribution in [0, 0.1) is 0 Å². The Bertz CT molecular complexity index is 810. The maximum Gasteiger partial charge on any atom is 0.247 e. The van der Waals surface area contributed by atoms with E-state index in [1.807, 2.05) is 6.07 Å². The van der Waals surface area contributed by atoms with Gasteiger partial charge in [0.15, 0.2) is 0 Å². The minimum Gasteiger partial charge on any atom is -0.350 e. The molecule has 4 N–H and O–H groups in total. The lowest BCUT2D eigenvalue weighted by atomic mass is 10.1. The number of nitrogens with zero attached hydrogens (tertiary/aromatic N) is 1. The number of hydrogen-bond donors (Lipinski definition) is 4. The molecule has 1 fully saturated rings. The third-order valence-corrected chi connectivity index (χ3v) is 4.96. The van der Waals surface area contributed by atoms with E-state index in [1.54, 1.807) is 32.2 Å². The predicted octanol–water partition coefficient (Wildman–Crippen LogP) is 0.142. The first-order valence-corrected chi connectivity index (χ1v) is 9.90. The Morgan fingerprint density at radius 3 is 2.73 bits per heavy atom. The third kappa shape index (κ3) is 6.41. The quantitative estimate of drug-likeness (QED) is 0.428. The molecule has 0 unspecified atom stereocenters. The van der Waals surface area contributed by atoms with Gasteiger partial charge in [0.25, 0.3) is 0 Å². The second-order valence-corrected chi connectivity index (χ2v) is 7.08. The van der Waals surface area contributed by atoms with Gasteiger partial charge in [-0.2, -0.15) is 0 Å². The third-order valence-electron chi connectivity index (χ3n) is 4.96. The van der Waals surface area contributed by atoms with E-state index < -0.39 is 12.1 Å². The van der Waals surface area contributed by atoms with Crippen molar-refractivity contribution in [2.45, 2.75) is 38.4 Å². The molecular weight excluding hydrogens is 386 g/mol. The van der Waals surface area contributed by atoms with Crippen molar-refractivity contribution in [1.82, 2.24) is 20.9 Å². The molecule has 2 rings (SSSR count). The predicted molar refractivity (Wildman–Crippen MR) is 113 cm³/mol. The largest absolute Gasteiger partial charge is 0.350 e. The second-order valence-electron chi connectivity index (χ2n) is 7.08. The van der Waals surface area contributed by atoms with Gasteiger partial charge in [-0.25, -0.2) is 0 Å². The number of amides is 4. The first kappa shape index (κ1) is 23.1. The van der Waals surface area contributed by atoms with Crippen LogP contribution >= 0.6 is 0 Å². The number of likely N-dealkylation sites (tertiary alicyclic amines) is 1. The summed E-state index contributed by atoms with van der Waals surface area (Å²) in [5.41, 5.74) is 1.42. The van der Waals surface area contributed by atoms with Crippen LogP contribution < -0.4 is 21.3 Å². The summed E-state index contributed by atoms with van der Waals surface area (Å²) < 4.78 is 0. The minimum absolute atomic E-state index is 0.139. The second kappa shape index (κ2) is 11.1. The van der Waals surface area contributed by atoms with Crippen molar-refractivity contribution in [3.05, 3.63) is 42.5 Å². The zero-order chi connectivity index (χ0) is 22.1. The molecule has 1 aromatic carbocycles. The van der Waals surface area contributed by atoms with E-state index in [-0.39, 0.29) is 36.7 Å². The molecule has 1 aliphatic rings. The molecule has 162 valence electrons.